The van der Waals surface area contributed by atoms with Crippen molar-refractivity contribution in [2.75, 3.05) is 26.4 Å². The lowest BCUT2D eigenvalue weighted by Gasteiger charge is -2.38. The first-order chi connectivity index (χ1) is 19.5. The lowest BCUT2D eigenvalue weighted by atomic mass is 9.80. The molecule has 1 aliphatic carbocycles. The molecule has 10 heteroatoms. The summed E-state index contributed by atoms with van der Waals surface area (Å²) in [6.45, 7) is 5.01. The van der Waals surface area contributed by atoms with Gasteiger partial charge in [0, 0.05) is 11.6 Å². The molecule has 2 fully saturated rings. The number of fused-ring (bicyclic) bond motifs is 1. The first kappa shape index (κ1) is 29.1. The second-order valence-electron chi connectivity index (χ2n) is 11.3. The quantitative estimate of drug-likeness (QED) is 0.333. The van der Waals surface area contributed by atoms with Crippen LogP contribution in [0.15, 0.2) is 42.5 Å². The van der Waals surface area contributed by atoms with E-state index in [0.29, 0.717) is 43.1 Å². The summed E-state index contributed by atoms with van der Waals surface area (Å²) in [4.78, 5) is 42.7. The standard InChI is InChI=1S/C31H35F3N2O5/c1-3-40-28(38)23-6-4-5-22(15-23)21-10-13-35(14-11-21)26-9-12-30(17-26,20(2)37)29(39)36-18-24-16-25(31(32,33)34)7-8-27(24)41-19-36/h4-8,15-16,21,26H,3,9-14,17-19H2,1-2H3/t26-,30?/m1/s1. The molecule has 2 aromatic carbocycles. The maximum atomic E-state index is 13.8. The van der Waals surface area contributed by atoms with Crippen molar-refractivity contribution < 1.29 is 37.0 Å². The summed E-state index contributed by atoms with van der Waals surface area (Å²) >= 11 is 0. The monoisotopic (exact) mass is 572 g/mol. The third kappa shape index (κ3) is 5.84. The number of piperidine rings is 1. The van der Waals surface area contributed by atoms with Crippen LogP contribution >= 0.6 is 0 Å². The van der Waals surface area contributed by atoms with Gasteiger partial charge in [-0.15, -0.1) is 0 Å². The summed E-state index contributed by atoms with van der Waals surface area (Å²) in [5, 5.41) is 0. The van der Waals surface area contributed by atoms with E-state index < -0.39 is 17.2 Å². The van der Waals surface area contributed by atoms with Gasteiger partial charge < -0.3 is 19.3 Å². The van der Waals surface area contributed by atoms with Crippen LogP contribution in [0.3, 0.4) is 0 Å². The molecule has 1 saturated carbocycles. The van der Waals surface area contributed by atoms with Crippen LogP contribution in [-0.4, -0.2) is 59.9 Å². The van der Waals surface area contributed by atoms with Crippen LogP contribution < -0.4 is 4.74 Å². The van der Waals surface area contributed by atoms with E-state index in [1.807, 2.05) is 18.2 Å². The summed E-state index contributed by atoms with van der Waals surface area (Å²) in [5.41, 5.74) is -0.0767. The normalized spacial score (nSPS) is 23.5. The van der Waals surface area contributed by atoms with Crippen molar-refractivity contribution in [2.45, 2.75) is 70.6 Å². The Hall–Kier alpha value is -3.40. The molecule has 2 aliphatic heterocycles. The Bertz CT molecular complexity index is 1320. The maximum Gasteiger partial charge on any atom is 0.416 e. The average Bonchev–Trinajstić information content (AvgIpc) is 3.43. The van der Waals surface area contributed by atoms with Crippen LogP contribution in [0.5, 0.6) is 5.75 Å². The Balaban J connectivity index is 1.24. The zero-order chi connectivity index (χ0) is 29.4. The van der Waals surface area contributed by atoms with E-state index in [1.54, 1.807) is 13.0 Å². The zero-order valence-corrected chi connectivity index (χ0v) is 23.3. The number of nitrogens with zero attached hydrogens (tertiary/aromatic N) is 2. The fourth-order valence-electron chi connectivity index (χ4n) is 6.58. The van der Waals surface area contributed by atoms with Gasteiger partial charge in [-0.25, -0.2) is 4.79 Å². The van der Waals surface area contributed by atoms with Gasteiger partial charge in [-0.1, -0.05) is 12.1 Å². The Morgan fingerprint density at radius 2 is 1.83 bits per heavy atom. The number of rotatable bonds is 6. The van der Waals surface area contributed by atoms with E-state index in [0.717, 1.165) is 43.6 Å². The Kier molecular flexibility index (Phi) is 8.14. The number of carbonyl (C=O) groups is 3. The fourth-order valence-corrected chi connectivity index (χ4v) is 6.58. The highest BCUT2D eigenvalue weighted by atomic mass is 19.4. The largest absolute Gasteiger partial charge is 0.473 e. The molecule has 41 heavy (non-hydrogen) atoms. The van der Waals surface area contributed by atoms with Crippen molar-refractivity contribution >= 4 is 17.7 Å². The molecule has 220 valence electrons. The topological polar surface area (TPSA) is 76.2 Å². The SMILES string of the molecule is CCOC(=O)c1cccc(C2CCN([C@@H]3CCC(C(C)=O)(C(=O)N4COc5ccc(C(F)(F)F)cc5C4)C3)CC2)c1. The van der Waals surface area contributed by atoms with E-state index >= 15 is 0 Å². The lowest BCUT2D eigenvalue weighted by Crippen LogP contribution is -2.50. The number of benzene rings is 2. The first-order valence-electron chi connectivity index (χ1n) is 14.2. The summed E-state index contributed by atoms with van der Waals surface area (Å²) < 4.78 is 50.5. The first-order valence-corrected chi connectivity index (χ1v) is 14.2. The number of Topliss-reactive ketones (excluding diaryl/α,β-unsaturated/α-hetero) is 1. The van der Waals surface area contributed by atoms with E-state index in [9.17, 15) is 27.6 Å². The minimum atomic E-state index is -4.50. The average molecular weight is 573 g/mol. The highest BCUT2D eigenvalue weighted by Crippen LogP contribution is 2.45. The minimum absolute atomic E-state index is 0.0337. The number of hydrogen-bond acceptors (Lipinski definition) is 6. The molecule has 3 aliphatic rings. The van der Waals surface area contributed by atoms with Gasteiger partial charge in [0.25, 0.3) is 0 Å². The van der Waals surface area contributed by atoms with Crippen LogP contribution in [-0.2, 0) is 27.0 Å². The second-order valence-corrected chi connectivity index (χ2v) is 11.3. The Morgan fingerprint density at radius 1 is 1.07 bits per heavy atom. The number of hydrogen-bond donors (Lipinski definition) is 0. The smallest absolute Gasteiger partial charge is 0.416 e. The van der Waals surface area contributed by atoms with Crippen LogP contribution in [0.25, 0.3) is 0 Å². The van der Waals surface area contributed by atoms with Crippen molar-refractivity contribution in [3.8, 4) is 5.75 Å². The predicted octanol–water partition coefficient (Wildman–Crippen LogP) is 5.57. The third-order valence-corrected chi connectivity index (χ3v) is 8.90. The van der Waals surface area contributed by atoms with Gasteiger partial charge >= 0.3 is 12.1 Å². The molecule has 5 rings (SSSR count). The molecule has 2 aromatic rings. The number of esters is 1. The molecule has 1 unspecified atom stereocenters. The Morgan fingerprint density at radius 3 is 2.51 bits per heavy atom. The van der Waals surface area contributed by atoms with Gasteiger partial charge in [0.05, 0.1) is 24.3 Å². The predicted molar refractivity (Wildman–Crippen MR) is 144 cm³/mol. The minimum Gasteiger partial charge on any atom is -0.473 e. The molecular weight excluding hydrogens is 537 g/mol. The number of alkyl halides is 3. The number of ketones is 1. The highest BCUT2D eigenvalue weighted by Gasteiger charge is 2.52. The van der Waals surface area contributed by atoms with Crippen molar-refractivity contribution in [1.29, 1.82) is 0 Å². The molecule has 7 nitrogen and oxygen atoms in total. The van der Waals surface area contributed by atoms with Crippen molar-refractivity contribution in [3.63, 3.8) is 0 Å². The maximum absolute atomic E-state index is 13.8. The molecule has 0 radical (unpaired) electrons. The lowest BCUT2D eigenvalue weighted by molar-refractivity contribution is -0.152. The summed E-state index contributed by atoms with van der Waals surface area (Å²) in [7, 11) is 0. The molecule has 0 aromatic heterocycles. The van der Waals surface area contributed by atoms with E-state index in [2.05, 4.69) is 4.90 Å². The zero-order valence-electron chi connectivity index (χ0n) is 23.3. The summed E-state index contributed by atoms with van der Waals surface area (Å²) in [6.07, 6.45) is -1.24. The van der Waals surface area contributed by atoms with Crippen LogP contribution in [0.1, 0.15) is 78.9 Å². The number of amides is 1. The van der Waals surface area contributed by atoms with Gasteiger partial charge in [0.2, 0.25) is 5.91 Å². The molecule has 2 heterocycles. The van der Waals surface area contributed by atoms with Crippen molar-refractivity contribution in [2.24, 2.45) is 5.41 Å². The van der Waals surface area contributed by atoms with Crippen molar-refractivity contribution in [3.05, 3.63) is 64.7 Å². The summed E-state index contributed by atoms with van der Waals surface area (Å²) in [5.74, 6) is -0.301. The van der Waals surface area contributed by atoms with Crippen LogP contribution in [0.2, 0.25) is 0 Å². The van der Waals surface area contributed by atoms with E-state index in [1.165, 1.54) is 17.9 Å². The van der Waals surface area contributed by atoms with Gasteiger partial charge in [-0.3, -0.25) is 9.59 Å². The highest BCUT2D eigenvalue weighted by molar-refractivity contribution is 6.05. The Labute approximate surface area is 237 Å². The summed E-state index contributed by atoms with van der Waals surface area (Å²) in [6, 6.07) is 10.9. The van der Waals surface area contributed by atoms with E-state index in [4.69, 9.17) is 9.47 Å². The molecule has 2 atom stereocenters. The van der Waals surface area contributed by atoms with Gasteiger partial charge in [-0.2, -0.15) is 13.2 Å². The molecule has 1 amide bonds. The van der Waals surface area contributed by atoms with Gasteiger partial charge in [0.1, 0.15) is 16.9 Å². The number of carbonyl (C=O) groups excluding carboxylic acids is 3. The molecular formula is C31H35F3N2O5. The second kappa shape index (κ2) is 11.5. The molecule has 0 spiro atoms. The van der Waals surface area contributed by atoms with Crippen LogP contribution in [0, 0.1) is 5.41 Å². The number of halogens is 3. The number of likely N-dealkylation sites (tertiary alicyclic amines) is 1. The fraction of sp³-hybridized carbons (Fsp3) is 0.516. The molecule has 0 bridgehead atoms. The van der Waals surface area contributed by atoms with E-state index in [-0.39, 0.29) is 42.5 Å². The van der Waals surface area contributed by atoms with Crippen molar-refractivity contribution in [1.82, 2.24) is 9.80 Å². The van der Waals surface area contributed by atoms with Crippen LogP contribution in [0.4, 0.5) is 13.2 Å². The number of ether oxygens (including phenoxy) is 2. The molecule has 1 saturated heterocycles. The van der Waals surface area contributed by atoms with Gasteiger partial charge in [0.15, 0.2) is 6.73 Å². The molecule has 0 N–H and O–H groups in total. The third-order valence-electron chi connectivity index (χ3n) is 8.90. The van der Waals surface area contributed by atoms with Gasteiger partial charge in [-0.05, 0) is 101 Å².